The number of aromatic nitrogens is 2. The van der Waals surface area contributed by atoms with Crippen molar-refractivity contribution in [3.05, 3.63) is 17.7 Å². The number of rotatable bonds is 4. The van der Waals surface area contributed by atoms with Crippen LogP contribution in [0.5, 0.6) is 0 Å². The van der Waals surface area contributed by atoms with Crippen LogP contribution in [0.25, 0.3) is 0 Å². The van der Waals surface area contributed by atoms with Crippen molar-refractivity contribution < 1.29 is 9.59 Å². The number of likely N-dealkylation sites (N-methyl/N-ethyl adjacent to an activating group) is 1. The fourth-order valence-electron chi connectivity index (χ4n) is 2.46. The van der Waals surface area contributed by atoms with Crippen LogP contribution < -0.4 is 10.6 Å². The highest BCUT2D eigenvalue weighted by Crippen LogP contribution is 2.16. The van der Waals surface area contributed by atoms with Crippen molar-refractivity contribution in [3.8, 4) is 0 Å². The van der Waals surface area contributed by atoms with Gasteiger partial charge in [0.15, 0.2) is 0 Å². The minimum absolute atomic E-state index is 0.00965. The summed E-state index contributed by atoms with van der Waals surface area (Å²) in [6.07, 6.45) is 2.79. The third-order valence-electron chi connectivity index (χ3n) is 3.74. The smallest absolute Gasteiger partial charge is 0.317 e. The molecule has 3 amide bonds. The Morgan fingerprint density at radius 3 is 2.82 bits per heavy atom. The molecule has 8 nitrogen and oxygen atoms in total. The van der Waals surface area contributed by atoms with E-state index in [4.69, 9.17) is 0 Å². The van der Waals surface area contributed by atoms with Crippen molar-refractivity contribution in [3.63, 3.8) is 0 Å². The van der Waals surface area contributed by atoms with E-state index in [1.165, 1.54) is 4.90 Å². The van der Waals surface area contributed by atoms with Gasteiger partial charge in [0.25, 0.3) is 0 Å². The molecule has 2 heterocycles. The summed E-state index contributed by atoms with van der Waals surface area (Å²) in [7, 11) is 5.05. The van der Waals surface area contributed by atoms with E-state index >= 15 is 0 Å². The van der Waals surface area contributed by atoms with Gasteiger partial charge in [-0.2, -0.15) is 0 Å². The van der Waals surface area contributed by atoms with E-state index in [2.05, 4.69) is 25.1 Å². The molecule has 0 fully saturated rings. The average Bonchev–Trinajstić information content (AvgIpc) is 2.74. The van der Waals surface area contributed by atoms with Gasteiger partial charge in [0.2, 0.25) is 5.91 Å². The van der Waals surface area contributed by atoms with Crippen LogP contribution in [0.2, 0.25) is 0 Å². The predicted molar refractivity (Wildman–Crippen MR) is 82.1 cm³/mol. The first-order chi connectivity index (χ1) is 10.5. The van der Waals surface area contributed by atoms with E-state index in [-0.39, 0.29) is 11.9 Å². The molecule has 1 aliphatic rings. The van der Waals surface area contributed by atoms with E-state index in [0.29, 0.717) is 19.6 Å². The third kappa shape index (κ3) is 3.97. The summed E-state index contributed by atoms with van der Waals surface area (Å²) in [5, 5.41) is 5.49. The zero-order valence-electron chi connectivity index (χ0n) is 13.4. The molecular formula is C14H24N6O2. The molecule has 122 valence electrons. The SMILES string of the molecule is CNC(=O)CN1CCCn2cnc(CNC(=O)N(C)C)c2C1. The van der Waals surface area contributed by atoms with Crippen molar-refractivity contribution in [1.82, 2.24) is 30.0 Å². The molecule has 0 atom stereocenters. The van der Waals surface area contributed by atoms with Crippen LogP contribution >= 0.6 is 0 Å². The Labute approximate surface area is 130 Å². The quantitative estimate of drug-likeness (QED) is 0.793. The number of hydrogen-bond acceptors (Lipinski definition) is 4. The minimum atomic E-state index is -0.141. The van der Waals surface area contributed by atoms with Gasteiger partial charge in [0.05, 0.1) is 30.8 Å². The Balaban J connectivity index is 2.05. The Hall–Kier alpha value is -2.09. The van der Waals surface area contributed by atoms with Crippen LogP contribution in [0.15, 0.2) is 6.33 Å². The minimum Gasteiger partial charge on any atom is -0.358 e. The molecule has 8 heteroatoms. The fraction of sp³-hybridized carbons (Fsp3) is 0.643. The summed E-state index contributed by atoms with van der Waals surface area (Å²) in [6.45, 7) is 3.20. The summed E-state index contributed by atoms with van der Waals surface area (Å²) in [5.41, 5.74) is 1.93. The molecule has 1 aromatic rings. The summed E-state index contributed by atoms with van der Waals surface area (Å²) < 4.78 is 2.11. The van der Waals surface area contributed by atoms with Gasteiger partial charge >= 0.3 is 6.03 Å². The Kier molecular flexibility index (Phi) is 5.37. The first-order valence-electron chi connectivity index (χ1n) is 7.42. The number of aryl methyl sites for hydroxylation is 1. The van der Waals surface area contributed by atoms with E-state index in [0.717, 1.165) is 30.9 Å². The lowest BCUT2D eigenvalue weighted by Gasteiger charge is -2.19. The van der Waals surface area contributed by atoms with Gasteiger partial charge in [0, 0.05) is 40.8 Å². The van der Waals surface area contributed by atoms with Crippen molar-refractivity contribution in [2.75, 3.05) is 34.2 Å². The number of fused-ring (bicyclic) bond motifs is 1. The van der Waals surface area contributed by atoms with Crippen molar-refractivity contribution in [2.45, 2.75) is 26.1 Å². The second kappa shape index (κ2) is 7.26. The third-order valence-corrected chi connectivity index (χ3v) is 3.74. The maximum atomic E-state index is 11.6. The lowest BCUT2D eigenvalue weighted by atomic mass is 10.3. The molecular weight excluding hydrogens is 284 g/mol. The second-order valence-electron chi connectivity index (χ2n) is 5.62. The van der Waals surface area contributed by atoms with E-state index in [9.17, 15) is 9.59 Å². The average molecular weight is 308 g/mol. The first kappa shape index (κ1) is 16.3. The Morgan fingerprint density at radius 2 is 2.14 bits per heavy atom. The molecule has 2 rings (SSSR count). The molecule has 0 saturated carbocycles. The van der Waals surface area contributed by atoms with Crippen LogP contribution in [-0.4, -0.2) is 65.5 Å². The monoisotopic (exact) mass is 308 g/mol. The molecule has 0 aliphatic carbocycles. The van der Waals surface area contributed by atoms with Crippen LogP contribution in [0.4, 0.5) is 4.79 Å². The van der Waals surface area contributed by atoms with Crippen LogP contribution in [0.1, 0.15) is 17.8 Å². The lowest BCUT2D eigenvalue weighted by molar-refractivity contribution is -0.121. The maximum absolute atomic E-state index is 11.6. The molecule has 0 radical (unpaired) electrons. The van der Waals surface area contributed by atoms with Crippen molar-refractivity contribution in [2.24, 2.45) is 0 Å². The molecule has 0 unspecified atom stereocenters. The second-order valence-corrected chi connectivity index (χ2v) is 5.62. The van der Waals surface area contributed by atoms with E-state index in [1.54, 1.807) is 21.1 Å². The molecule has 0 aromatic carbocycles. The number of amides is 3. The van der Waals surface area contributed by atoms with Crippen LogP contribution in [0.3, 0.4) is 0 Å². The largest absolute Gasteiger partial charge is 0.358 e. The predicted octanol–water partition coefficient (Wildman–Crippen LogP) is -0.394. The highest BCUT2D eigenvalue weighted by Gasteiger charge is 2.20. The number of carbonyl (C=O) groups excluding carboxylic acids is 2. The lowest BCUT2D eigenvalue weighted by Crippen LogP contribution is -2.36. The van der Waals surface area contributed by atoms with Gasteiger partial charge < -0.3 is 20.1 Å². The number of carbonyl (C=O) groups is 2. The van der Waals surface area contributed by atoms with Gasteiger partial charge in [-0.3, -0.25) is 9.69 Å². The Morgan fingerprint density at radius 1 is 1.36 bits per heavy atom. The number of urea groups is 1. The summed E-state index contributed by atoms with van der Waals surface area (Å²) in [6, 6.07) is -0.141. The summed E-state index contributed by atoms with van der Waals surface area (Å²) in [4.78, 5) is 31.2. The molecule has 0 spiro atoms. The highest BCUT2D eigenvalue weighted by atomic mass is 16.2. The zero-order valence-corrected chi connectivity index (χ0v) is 13.4. The standard InChI is InChI=1S/C14H24N6O2/c1-15-13(21)9-19-5-4-6-20-10-17-11(12(20)8-19)7-16-14(22)18(2)3/h10H,4-9H2,1-3H3,(H,15,21)(H,16,22). The van der Waals surface area contributed by atoms with Crippen molar-refractivity contribution >= 4 is 11.9 Å². The molecule has 0 bridgehead atoms. The van der Waals surface area contributed by atoms with Gasteiger partial charge in [-0.15, -0.1) is 0 Å². The number of hydrogen-bond donors (Lipinski definition) is 2. The summed E-state index contributed by atoms with van der Waals surface area (Å²) in [5.74, 6) is 0.00965. The molecule has 1 aromatic heterocycles. The van der Waals surface area contributed by atoms with Gasteiger partial charge in [0.1, 0.15) is 0 Å². The molecule has 1 aliphatic heterocycles. The zero-order chi connectivity index (χ0) is 16.1. The molecule has 2 N–H and O–H groups in total. The first-order valence-corrected chi connectivity index (χ1v) is 7.42. The van der Waals surface area contributed by atoms with E-state index in [1.807, 2.05) is 6.33 Å². The van der Waals surface area contributed by atoms with Crippen LogP contribution in [-0.2, 0) is 24.4 Å². The number of nitrogens with one attached hydrogen (secondary N) is 2. The molecule has 0 saturated heterocycles. The Bertz CT molecular complexity index is 539. The number of nitrogens with zero attached hydrogens (tertiary/aromatic N) is 4. The normalized spacial score (nSPS) is 14.9. The van der Waals surface area contributed by atoms with Crippen molar-refractivity contribution in [1.29, 1.82) is 0 Å². The highest BCUT2D eigenvalue weighted by molar-refractivity contribution is 5.77. The number of imidazole rings is 1. The van der Waals surface area contributed by atoms with Gasteiger partial charge in [-0.1, -0.05) is 0 Å². The maximum Gasteiger partial charge on any atom is 0.317 e. The van der Waals surface area contributed by atoms with E-state index < -0.39 is 0 Å². The molecule has 22 heavy (non-hydrogen) atoms. The van der Waals surface area contributed by atoms with Crippen LogP contribution in [0, 0.1) is 0 Å². The van der Waals surface area contributed by atoms with Gasteiger partial charge in [-0.05, 0) is 6.42 Å². The van der Waals surface area contributed by atoms with Gasteiger partial charge in [-0.25, -0.2) is 9.78 Å². The summed E-state index contributed by atoms with van der Waals surface area (Å²) >= 11 is 0. The topological polar surface area (TPSA) is 82.5 Å². The fourth-order valence-corrected chi connectivity index (χ4v) is 2.46.